The van der Waals surface area contributed by atoms with Crippen LogP contribution in [0, 0.1) is 0 Å². The van der Waals surface area contributed by atoms with Gasteiger partial charge in [-0.1, -0.05) is 30.7 Å². The van der Waals surface area contributed by atoms with Crippen LogP contribution in [0.25, 0.3) is 11.0 Å². The topological polar surface area (TPSA) is 119 Å². The molecule has 0 bridgehead atoms. The summed E-state index contributed by atoms with van der Waals surface area (Å²) in [6.07, 6.45) is -3.05. The number of benzene rings is 2. The summed E-state index contributed by atoms with van der Waals surface area (Å²) in [7, 11) is 2.93. The highest BCUT2D eigenvalue weighted by molar-refractivity contribution is 6.31. The molecule has 0 amide bonds. The van der Waals surface area contributed by atoms with E-state index in [1.165, 1.54) is 54.4 Å². The van der Waals surface area contributed by atoms with Gasteiger partial charge in [-0.15, -0.1) is 0 Å². The van der Waals surface area contributed by atoms with Gasteiger partial charge in [0.05, 0.1) is 23.4 Å². The van der Waals surface area contributed by atoms with E-state index in [2.05, 4.69) is 9.97 Å². The van der Waals surface area contributed by atoms with Gasteiger partial charge in [0.25, 0.3) is 0 Å². The van der Waals surface area contributed by atoms with E-state index in [0.717, 1.165) is 24.5 Å². The number of carbonyl (C=O) groups is 1. The average molecular weight is 537 g/mol. The van der Waals surface area contributed by atoms with Crippen molar-refractivity contribution in [1.29, 1.82) is 0 Å². The Kier molecular flexibility index (Phi) is 6.51. The summed E-state index contributed by atoms with van der Waals surface area (Å²) in [5.41, 5.74) is -3.89. The van der Waals surface area contributed by atoms with E-state index in [-0.39, 0.29) is 33.4 Å². The number of halogens is 4. The number of aromatic carboxylic acids is 1. The molecular formula is C24H20ClF3N4O5. The number of rotatable bonds is 6. The number of aromatic nitrogens is 4. The fraction of sp³-hybridized carbons (Fsp3) is 0.250. The van der Waals surface area contributed by atoms with E-state index in [9.17, 15) is 27.9 Å². The Hall–Kier alpha value is -3.90. The second-order valence-corrected chi connectivity index (χ2v) is 8.83. The van der Waals surface area contributed by atoms with Crippen molar-refractivity contribution in [2.45, 2.75) is 24.6 Å². The summed E-state index contributed by atoms with van der Waals surface area (Å²) in [5, 5.41) is 20.0. The highest BCUT2D eigenvalue weighted by Crippen LogP contribution is 2.50. The van der Waals surface area contributed by atoms with Gasteiger partial charge < -0.3 is 14.9 Å². The van der Waals surface area contributed by atoms with E-state index in [1.807, 2.05) is 0 Å². The maximum atomic E-state index is 14.5. The van der Waals surface area contributed by atoms with Crippen LogP contribution in [-0.2, 0) is 19.7 Å². The maximum absolute atomic E-state index is 14.5. The number of aryl methyl sites for hydroxylation is 2. The van der Waals surface area contributed by atoms with Crippen LogP contribution >= 0.6 is 11.6 Å². The Bertz CT molecular complexity index is 1570. The molecular weight excluding hydrogens is 517 g/mol. The predicted octanol–water partition coefficient (Wildman–Crippen LogP) is 4.36. The number of hydrogen-bond donors (Lipinski definition) is 2. The van der Waals surface area contributed by atoms with Crippen molar-refractivity contribution in [2.75, 3.05) is 0 Å². The minimum atomic E-state index is -5.10. The van der Waals surface area contributed by atoms with Crippen LogP contribution in [0.5, 0.6) is 11.6 Å². The molecule has 2 atom stereocenters. The van der Waals surface area contributed by atoms with Gasteiger partial charge in [-0.2, -0.15) is 13.2 Å². The molecule has 2 heterocycles. The van der Waals surface area contributed by atoms with Crippen molar-refractivity contribution in [1.82, 2.24) is 19.1 Å². The molecule has 0 aliphatic rings. The molecule has 0 aliphatic carbocycles. The zero-order valence-corrected chi connectivity index (χ0v) is 20.4. The van der Waals surface area contributed by atoms with E-state index in [1.54, 1.807) is 0 Å². The molecule has 0 saturated carbocycles. The van der Waals surface area contributed by atoms with Gasteiger partial charge >= 0.3 is 17.8 Å². The van der Waals surface area contributed by atoms with Crippen LogP contribution in [0.2, 0.25) is 5.02 Å². The third kappa shape index (κ3) is 4.42. The van der Waals surface area contributed by atoms with Gasteiger partial charge in [-0.3, -0.25) is 9.13 Å². The van der Waals surface area contributed by atoms with E-state index in [0.29, 0.717) is 5.52 Å². The van der Waals surface area contributed by atoms with Crippen molar-refractivity contribution in [3.63, 3.8) is 0 Å². The fourth-order valence-electron chi connectivity index (χ4n) is 4.15. The van der Waals surface area contributed by atoms with Crippen LogP contribution in [-0.4, -0.2) is 41.5 Å². The van der Waals surface area contributed by atoms with Crippen molar-refractivity contribution in [3.05, 3.63) is 81.1 Å². The first-order valence-electron chi connectivity index (χ1n) is 10.7. The lowest BCUT2D eigenvalue weighted by atomic mass is 9.77. The predicted molar refractivity (Wildman–Crippen MR) is 127 cm³/mol. The number of carboxylic acid groups (broad SMARTS) is 1. The molecule has 13 heteroatoms. The Morgan fingerprint density at radius 3 is 2.30 bits per heavy atom. The number of carboxylic acids is 1. The summed E-state index contributed by atoms with van der Waals surface area (Å²) in [6, 6.07) is 7.51. The van der Waals surface area contributed by atoms with Gasteiger partial charge in [0, 0.05) is 25.0 Å². The molecule has 194 valence electrons. The molecule has 37 heavy (non-hydrogen) atoms. The highest BCUT2D eigenvalue weighted by Gasteiger charge is 2.59. The average Bonchev–Trinajstić information content (AvgIpc) is 3.06. The summed E-state index contributed by atoms with van der Waals surface area (Å²) < 4.78 is 51.3. The number of alkyl halides is 3. The summed E-state index contributed by atoms with van der Waals surface area (Å²) in [6.45, 7) is 1.19. The van der Waals surface area contributed by atoms with Gasteiger partial charge in [-0.25, -0.2) is 19.6 Å². The molecule has 2 aromatic heterocycles. The van der Waals surface area contributed by atoms with Crippen LogP contribution in [0.4, 0.5) is 13.2 Å². The molecule has 2 aromatic carbocycles. The van der Waals surface area contributed by atoms with Crippen LogP contribution in [0.15, 0.2) is 53.6 Å². The molecule has 0 radical (unpaired) electrons. The quantitative estimate of drug-likeness (QED) is 0.375. The molecule has 0 unspecified atom stereocenters. The lowest BCUT2D eigenvalue weighted by molar-refractivity contribution is -0.274. The molecule has 4 aromatic rings. The zero-order chi connectivity index (χ0) is 27.3. The summed E-state index contributed by atoms with van der Waals surface area (Å²) >= 11 is 6.32. The van der Waals surface area contributed by atoms with Crippen molar-refractivity contribution in [2.24, 2.45) is 14.1 Å². The van der Waals surface area contributed by atoms with Crippen molar-refractivity contribution in [3.8, 4) is 11.6 Å². The first kappa shape index (κ1) is 26.2. The second-order valence-electron chi connectivity index (χ2n) is 8.42. The smallest absolute Gasteiger partial charge is 0.422 e. The number of nitrogens with zero attached hydrogens (tertiary/aromatic N) is 4. The Labute approximate surface area is 212 Å². The lowest BCUT2D eigenvalue weighted by Crippen LogP contribution is -2.46. The largest absolute Gasteiger partial charge is 0.476 e. The Morgan fingerprint density at radius 2 is 1.73 bits per heavy atom. The number of hydrogen-bond acceptors (Lipinski definition) is 6. The van der Waals surface area contributed by atoms with Gasteiger partial charge in [0.15, 0.2) is 11.3 Å². The van der Waals surface area contributed by atoms with Gasteiger partial charge in [0.2, 0.25) is 5.88 Å². The number of fused-ring (bicyclic) bond motifs is 1. The fourth-order valence-corrected chi connectivity index (χ4v) is 4.48. The Morgan fingerprint density at radius 1 is 1.05 bits per heavy atom. The SMILES string of the molecule is C[C@H](c1ccc(Oc2cnc(C(=O)O)cn2)cc1Cl)[C@@](O)(c1ccc2c(c1)n(C)c(=O)n2C)C(F)(F)F. The van der Waals surface area contributed by atoms with Gasteiger partial charge in [-0.05, 0) is 35.4 Å². The third-order valence-corrected chi connectivity index (χ3v) is 6.61. The number of aliphatic hydroxyl groups is 1. The molecule has 0 fully saturated rings. The standard InChI is InChI=1S/C24H20ClF3N4O5/c1-12(15-6-5-14(9-16(15)25)37-20-11-29-17(10-30-20)21(33)34)23(36,24(26,27)28)13-4-7-18-19(8-13)32(3)22(35)31(18)2/h4-12,36H,1-3H3,(H,33,34)/t12-,23-/m1/s1. The number of imidazole rings is 1. The normalized spacial score (nSPS) is 14.4. The highest BCUT2D eigenvalue weighted by atomic mass is 35.5. The van der Waals surface area contributed by atoms with Crippen molar-refractivity contribution >= 4 is 28.6 Å². The first-order chi connectivity index (χ1) is 17.3. The molecule has 0 saturated heterocycles. The third-order valence-electron chi connectivity index (χ3n) is 6.28. The lowest BCUT2D eigenvalue weighted by Gasteiger charge is -2.37. The van der Waals surface area contributed by atoms with Crippen LogP contribution in [0.1, 0.15) is 34.5 Å². The minimum absolute atomic E-state index is 0.0109. The first-order valence-corrected chi connectivity index (χ1v) is 11.1. The van der Waals surface area contributed by atoms with Gasteiger partial charge in [0.1, 0.15) is 5.75 Å². The zero-order valence-electron chi connectivity index (χ0n) is 19.6. The Balaban J connectivity index is 1.72. The van der Waals surface area contributed by atoms with Crippen LogP contribution in [0.3, 0.4) is 0 Å². The summed E-state index contributed by atoms with van der Waals surface area (Å²) in [5.74, 6) is -2.79. The van der Waals surface area contributed by atoms with Crippen molar-refractivity contribution < 1.29 is 32.9 Å². The molecule has 9 nitrogen and oxygen atoms in total. The maximum Gasteiger partial charge on any atom is 0.422 e. The van der Waals surface area contributed by atoms with E-state index >= 15 is 0 Å². The van der Waals surface area contributed by atoms with E-state index < -0.39 is 34.9 Å². The molecule has 0 aliphatic heterocycles. The number of ether oxygens (including phenoxy) is 1. The van der Waals surface area contributed by atoms with Crippen LogP contribution < -0.4 is 10.4 Å². The summed E-state index contributed by atoms with van der Waals surface area (Å²) in [4.78, 5) is 30.6. The van der Waals surface area contributed by atoms with E-state index in [4.69, 9.17) is 21.4 Å². The monoisotopic (exact) mass is 536 g/mol. The molecule has 0 spiro atoms. The molecule has 4 rings (SSSR count). The second kappa shape index (κ2) is 9.20. The minimum Gasteiger partial charge on any atom is -0.476 e. The molecule has 2 N–H and O–H groups in total.